The van der Waals surface area contributed by atoms with Gasteiger partial charge in [0.05, 0.1) is 11.7 Å². The van der Waals surface area contributed by atoms with Crippen LogP contribution >= 0.6 is 11.6 Å². The molecular formula is C22H21ClN2O3. The summed E-state index contributed by atoms with van der Waals surface area (Å²) in [5, 5.41) is 4.14. The molecule has 0 aliphatic carbocycles. The zero-order valence-corrected chi connectivity index (χ0v) is 16.7. The van der Waals surface area contributed by atoms with E-state index in [1.165, 1.54) is 10.9 Å². The van der Waals surface area contributed by atoms with Gasteiger partial charge in [-0.25, -0.2) is 4.68 Å². The van der Waals surface area contributed by atoms with Gasteiger partial charge >= 0.3 is 0 Å². The molecule has 2 aromatic carbocycles. The molecule has 0 unspecified atom stereocenters. The maximum Gasteiger partial charge on any atom is 0.289 e. The van der Waals surface area contributed by atoms with Gasteiger partial charge in [-0.1, -0.05) is 66.2 Å². The van der Waals surface area contributed by atoms with E-state index < -0.39 is 11.1 Å². The number of benzene rings is 2. The van der Waals surface area contributed by atoms with Crippen LogP contribution in [0, 0.1) is 0 Å². The van der Waals surface area contributed by atoms with Gasteiger partial charge < -0.3 is 4.74 Å². The van der Waals surface area contributed by atoms with Crippen LogP contribution in [0.4, 0.5) is 0 Å². The number of carbonyl (C=O) groups excluding carboxylic acids is 1. The fraction of sp³-hybridized carbons (Fsp3) is 0.227. The van der Waals surface area contributed by atoms with Crippen LogP contribution in [-0.4, -0.2) is 15.6 Å². The topological polar surface area (TPSA) is 61.2 Å². The first-order valence-corrected chi connectivity index (χ1v) is 9.25. The van der Waals surface area contributed by atoms with Gasteiger partial charge in [-0.05, 0) is 26.3 Å². The maximum atomic E-state index is 12.4. The smallest absolute Gasteiger partial charge is 0.289 e. The van der Waals surface area contributed by atoms with Crippen molar-refractivity contribution in [2.45, 2.75) is 32.9 Å². The van der Waals surface area contributed by atoms with Crippen LogP contribution in [-0.2, 0) is 12.1 Å². The number of hydrogen-bond acceptors (Lipinski definition) is 4. The molecule has 5 nitrogen and oxygen atoms in total. The Hall–Kier alpha value is -2.92. The molecule has 0 atom stereocenters. The van der Waals surface area contributed by atoms with E-state index in [9.17, 15) is 9.59 Å². The van der Waals surface area contributed by atoms with E-state index in [0.717, 1.165) is 5.56 Å². The highest BCUT2D eigenvalue weighted by Gasteiger charge is 2.20. The Labute approximate surface area is 168 Å². The molecule has 1 heterocycles. The molecule has 3 rings (SSSR count). The Kier molecular flexibility index (Phi) is 5.66. The molecule has 0 saturated heterocycles. The van der Waals surface area contributed by atoms with Gasteiger partial charge in [0.15, 0.2) is 16.6 Å². The highest BCUT2D eigenvalue weighted by molar-refractivity contribution is 6.31. The lowest BCUT2D eigenvalue weighted by molar-refractivity contribution is 0.103. The first-order valence-electron chi connectivity index (χ1n) is 8.87. The van der Waals surface area contributed by atoms with E-state index in [1.54, 1.807) is 24.3 Å². The molecule has 6 heteroatoms. The van der Waals surface area contributed by atoms with Gasteiger partial charge in [0.25, 0.3) is 5.56 Å². The van der Waals surface area contributed by atoms with Crippen molar-refractivity contribution in [1.29, 1.82) is 0 Å². The van der Waals surface area contributed by atoms with Crippen molar-refractivity contribution in [2.24, 2.45) is 0 Å². The predicted octanol–water partition coefficient (Wildman–Crippen LogP) is 4.46. The first kappa shape index (κ1) is 19.8. The molecular weight excluding hydrogens is 376 g/mol. The summed E-state index contributed by atoms with van der Waals surface area (Å²) in [5.74, 6) is 0.197. The molecule has 0 fully saturated rings. The van der Waals surface area contributed by atoms with Gasteiger partial charge in [-0.2, -0.15) is 5.10 Å². The number of halogens is 1. The Morgan fingerprint density at radius 2 is 1.64 bits per heavy atom. The summed E-state index contributed by atoms with van der Waals surface area (Å²) < 4.78 is 6.99. The Balaban J connectivity index is 1.71. The lowest BCUT2D eigenvalue weighted by Crippen LogP contribution is -2.36. The Morgan fingerprint density at radius 3 is 2.25 bits per heavy atom. The normalized spacial score (nSPS) is 11.3. The minimum atomic E-state index is -0.472. The molecule has 0 amide bonds. The average Bonchev–Trinajstić information content (AvgIpc) is 2.68. The van der Waals surface area contributed by atoms with Gasteiger partial charge in [-0.15, -0.1) is 0 Å². The highest BCUT2D eigenvalue weighted by Crippen LogP contribution is 2.22. The Bertz CT molecular complexity index is 1040. The third-order valence-corrected chi connectivity index (χ3v) is 4.52. The number of carbonyl (C=O) groups is 1. The van der Waals surface area contributed by atoms with Crippen LogP contribution < -0.4 is 10.3 Å². The summed E-state index contributed by atoms with van der Waals surface area (Å²) in [6.07, 6.45) is 1.45. The summed E-state index contributed by atoms with van der Waals surface area (Å²) in [5.41, 5.74) is 1.22. The largest absolute Gasteiger partial charge is 0.485 e. The predicted molar refractivity (Wildman–Crippen MR) is 109 cm³/mol. The number of nitrogens with zero attached hydrogens (tertiary/aromatic N) is 2. The number of hydrogen-bond donors (Lipinski definition) is 0. The summed E-state index contributed by atoms with van der Waals surface area (Å²) in [4.78, 5) is 24.8. The fourth-order valence-electron chi connectivity index (χ4n) is 2.67. The monoisotopic (exact) mass is 396 g/mol. The Morgan fingerprint density at radius 1 is 1.04 bits per heavy atom. The van der Waals surface area contributed by atoms with Crippen molar-refractivity contribution in [3.8, 4) is 5.75 Å². The molecule has 0 aliphatic heterocycles. The van der Waals surface area contributed by atoms with E-state index in [4.69, 9.17) is 16.3 Å². The number of aromatic nitrogens is 2. The van der Waals surface area contributed by atoms with Crippen molar-refractivity contribution in [3.63, 3.8) is 0 Å². The molecule has 3 aromatic rings. The van der Waals surface area contributed by atoms with Gasteiger partial charge in [0.2, 0.25) is 0 Å². The molecule has 28 heavy (non-hydrogen) atoms. The molecule has 144 valence electrons. The van der Waals surface area contributed by atoms with E-state index in [0.29, 0.717) is 11.1 Å². The molecule has 0 aliphatic rings. The van der Waals surface area contributed by atoms with Crippen molar-refractivity contribution < 1.29 is 9.53 Å². The van der Waals surface area contributed by atoms with Crippen LogP contribution in [0.2, 0.25) is 5.02 Å². The van der Waals surface area contributed by atoms with Crippen molar-refractivity contribution in [3.05, 3.63) is 92.9 Å². The second kappa shape index (κ2) is 7.98. The molecule has 0 radical (unpaired) electrons. The number of ketones is 1. The second-order valence-corrected chi connectivity index (χ2v) is 7.77. The minimum absolute atomic E-state index is 0.000741. The second-order valence-electron chi connectivity index (χ2n) is 7.39. The molecule has 0 bridgehead atoms. The van der Waals surface area contributed by atoms with Crippen LogP contribution in [0.5, 0.6) is 5.75 Å². The standard InChI is InChI=1S/C22H21ClN2O3/c1-22(2,3)25-21(27)19(23)18(13-24-25)28-14-15-9-11-17(12-10-15)20(26)16-7-5-4-6-8-16/h4-13H,14H2,1-3H3. The summed E-state index contributed by atoms with van der Waals surface area (Å²) >= 11 is 6.16. The zero-order valence-electron chi connectivity index (χ0n) is 16.0. The fourth-order valence-corrected chi connectivity index (χ4v) is 2.85. The summed E-state index contributed by atoms with van der Waals surface area (Å²) in [7, 11) is 0. The number of rotatable bonds is 5. The quantitative estimate of drug-likeness (QED) is 0.597. The lowest BCUT2D eigenvalue weighted by atomic mass is 10.0. The van der Waals surface area contributed by atoms with E-state index in [1.807, 2.05) is 51.1 Å². The third kappa shape index (κ3) is 4.31. The molecule has 0 saturated carbocycles. The first-order chi connectivity index (χ1) is 13.3. The van der Waals surface area contributed by atoms with Crippen molar-refractivity contribution >= 4 is 17.4 Å². The van der Waals surface area contributed by atoms with Crippen molar-refractivity contribution in [2.75, 3.05) is 0 Å². The van der Waals surface area contributed by atoms with E-state index in [2.05, 4.69) is 5.10 Å². The van der Waals surface area contributed by atoms with E-state index >= 15 is 0 Å². The molecule has 0 N–H and O–H groups in total. The van der Waals surface area contributed by atoms with Gasteiger partial charge in [0.1, 0.15) is 6.61 Å². The SMILES string of the molecule is CC(C)(C)n1ncc(OCc2ccc(C(=O)c3ccccc3)cc2)c(Cl)c1=O. The van der Waals surface area contributed by atoms with Crippen LogP contribution in [0.25, 0.3) is 0 Å². The third-order valence-electron chi connectivity index (χ3n) is 4.17. The van der Waals surface area contributed by atoms with Gasteiger partial charge in [0, 0.05) is 11.1 Å². The van der Waals surface area contributed by atoms with Crippen LogP contribution in [0.15, 0.2) is 65.6 Å². The summed E-state index contributed by atoms with van der Waals surface area (Å²) in [6, 6.07) is 16.2. The van der Waals surface area contributed by atoms with Crippen LogP contribution in [0.1, 0.15) is 42.3 Å². The molecule has 1 aromatic heterocycles. The molecule has 0 spiro atoms. The number of ether oxygens (including phenoxy) is 1. The lowest BCUT2D eigenvalue weighted by Gasteiger charge is -2.21. The van der Waals surface area contributed by atoms with Crippen molar-refractivity contribution in [1.82, 2.24) is 9.78 Å². The maximum absolute atomic E-state index is 12.4. The van der Waals surface area contributed by atoms with Gasteiger partial charge in [-0.3, -0.25) is 9.59 Å². The highest BCUT2D eigenvalue weighted by atomic mass is 35.5. The minimum Gasteiger partial charge on any atom is -0.485 e. The zero-order chi connectivity index (χ0) is 20.3. The van der Waals surface area contributed by atoms with E-state index in [-0.39, 0.29) is 23.2 Å². The average molecular weight is 397 g/mol. The van der Waals surface area contributed by atoms with Crippen LogP contribution in [0.3, 0.4) is 0 Å². The summed E-state index contributed by atoms with van der Waals surface area (Å²) in [6.45, 7) is 5.82.